The maximum atomic E-state index is 13.7. The molecule has 0 unspecified atom stereocenters. The van der Waals surface area contributed by atoms with Gasteiger partial charge in [0.15, 0.2) is 0 Å². The lowest BCUT2D eigenvalue weighted by Gasteiger charge is -2.01. The molecular formula is C15H10ClFN2. The van der Waals surface area contributed by atoms with E-state index in [1.54, 1.807) is 47.4 Å². The average Bonchev–Trinajstić information content (AvgIpc) is 2.89. The van der Waals surface area contributed by atoms with Crippen LogP contribution in [0.5, 0.6) is 0 Å². The molecule has 1 heterocycles. The molecule has 0 atom stereocenters. The third kappa shape index (κ3) is 2.37. The number of rotatable bonds is 2. The Hall–Kier alpha value is -2.13. The molecule has 0 aliphatic carbocycles. The number of hydrogen-bond donors (Lipinski definition) is 0. The second-order valence-electron chi connectivity index (χ2n) is 4.13. The maximum absolute atomic E-state index is 13.7. The van der Waals surface area contributed by atoms with Crippen LogP contribution < -0.4 is 0 Å². The Morgan fingerprint density at radius 2 is 1.74 bits per heavy atom. The van der Waals surface area contributed by atoms with E-state index in [0.717, 1.165) is 11.3 Å². The van der Waals surface area contributed by atoms with E-state index in [1.807, 2.05) is 12.1 Å². The highest BCUT2D eigenvalue weighted by molar-refractivity contribution is 6.30. The highest BCUT2D eigenvalue weighted by Crippen LogP contribution is 2.23. The van der Waals surface area contributed by atoms with Crippen molar-refractivity contribution >= 4 is 11.6 Å². The van der Waals surface area contributed by atoms with Crippen molar-refractivity contribution in [2.24, 2.45) is 0 Å². The third-order valence-corrected chi connectivity index (χ3v) is 3.11. The summed E-state index contributed by atoms with van der Waals surface area (Å²) in [5.41, 5.74) is 2.17. The summed E-state index contributed by atoms with van der Waals surface area (Å²) >= 11 is 5.84. The van der Waals surface area contributed by atoms with Crippen LogP contribution in [0.2, 0.25) is 5.02 Å². The van der Waals surface area contributed by atoms with Gasteiger partial charge in [-0.15, -0.1) is 0 Å². The molecule has 0 aliphatic heterocycles. The molecule has 0 spiro atoms. The second kappa shape index (κ2) is 4.86. The maximum Gasteiger partial charge on any atom is 0.131 e. The highest BCUT2D eigenvalue weighted by Gasteiger charge is 2.07. The zero-order valence-electron chi connectivity index (χ0n) is 9.92. The minimum atomic E-state index is -0.252. The summed E-state index contributed by atoms with van der Waals surface area (Å²) in [5, 5.41) is 4.91. The first kappa shape index (κ1) is 11.9. The van der Waals surface area contributed by atoms with Gasteiger partial charge in [-0.25, -0.2) is 9.07 Å². The largest absolute Gasteiger partial charge is 0.240 e. The number of hydrogen-bond acceptors (Lipinski definition) is 1. The molecule has 3 rings (SSSR count). The molecule has 2 nitrogen and oxygen atoms in total. The van der Waals surface area contributed by atoms with Crippen molar-refractivity contribution in [3.63, 3.8) is 0 Å². The predicted octanol–water partition coefficient (Wildman–Crippen LogP) is 4.33. The van der Waals surface area contributed by atoms with Crippen LogP contribution in [-0.2, 0) is 0 Å². The summed E-state index contributed by atoms with van der Waals surface area (Å²) in [7, 11) is 0. The number of benzene rings is 2. The summed E-state index contributed by atoms with van der Waals surface area (Å²) in [5.74, 6) is -0.252. The zero-order valence-corrected chi connectivity index (χ0v) is 10.7. The average molecular weight is 273 g/mol. The van der Waals surface area contributed by atoms with E-state index in [4.69, 9.17) is 11.6 Å². The summed E-state index contributed by atoms with van der Waals surface area (Å²) in [4.78, 5) is 0. The molecule has 0 N–H and O–H groups in total. The Bertz CT molecular complexity index is 704. The van der Waals surface area contributed by atoms with Gasteiger partial charge < -0.3 is 0 Å². The van der Waals surface area contributed by atoms with Crippen molar-refractivity contribution in [2.75, 3.05) is 0 Å². The van der Waals surface area contributed by atoms with Gasteiger partial charge >= 0.3 is 0 Å². The molecule has 0 bridgehead atoms. The first-order chi connectivity index (χ1) is 9.24. The summed E-state index contributed by atoms with van der Waals surface area (Å²) in [6.07, 6.45) is 3.44. The summed E-state index contributed by atoms with van der Waals surface area (Å²) in [6, 6.07) is 14.0. The quantitative estimate of drug-likeness (QED) is 0.679. The van der Waals surface area contributed by atoms with Crippen LogP contribution in [0.25, 0.3) is 16.8 Å². The molecule has 4 heteroatoms. The predicted molar refractivity (Wildman–Crippen MR) is 74.0 cm³/mol. The number of aromatic nitrogens is 2. The fraction of sp³-hybridized carbons (Fsp3) is 0. The third-order valence-electron chi connectivity index (χ3n) is 2.86. The molecule has 19 heavy (non-hydrogen) atoms. The van der Waals surface area contributed by atoms with E-state index in [1.165, 1.54) is 6.07 Å². The van der Waals surface area contributed by atoms with Crippen LogP contribution in [0, 0.1) is 5.82 Å². The highest BCUT2D eigenvalue weighted by atomic mass is 35.5. The van der Waals surface area contributed by atoms with Crippen molar-refractivity contribution in [1.29, 1.82) is 0 Å². The standard InChI is InChI=1S/C15H10ClFN2/c16-12-5-7-13(8-6-12)19-10-11(9-18-19)14-3-1-2-4-15(14)17/h1-10H. The monoisotopic (exact) mass is 272 g/mol. The lowest BCUT2D eigenvalue weighted by molar-refractivity contribution is 0.631. The summed E-state index contributed by atoms with van der Waals surface area (Å²) < 4.78 is 15.4. The molecule has 2 aromatic carbocycles. The van der Waals surface area contributed by atoms with Crippen molar-refractivity contribution in [2.45, 2.75) is 0 Å². The number of nitrogens with zero attached hydrogens (tertiary/aromatic N) is 2. The Labute approximate surface area is 115 Å². The van der Waals surface area contributed by atoms with Crippen LogP contribution in [0.4, 0.5) is 4.39 Å². The van der Waals surface area contributed by atoms with Gasteiger partial charge in [0.2, 0.25) is 0 Å². The van der Waals surface area contributed by atoms with Crippen molar-refractivity contribution < 1.29 is 4.39 Å². The van der Waals surface area contributed by atoms with Gasteiger partial charge in [-0.3, -0.25) is 0 Å². The van der Waals surface area contributed by atoms with E-state index in [2.05, 4.69) is 5.10 Å². The van der Waals surface area contributed by atoms with Crippen LogP contribution in [0.3, 0.4) is 0 Å². The van der Waals surface area contributed by atoms with Gasteiger partial charge in [0, 0.05) is 22.3 Å². The zero-order chi connectivity index (χ0) is 13.2. The van der Waals surface area contributed by atoms with Crippen molar-refractivity contribution in [3.8, 4) is 16.8 Å². The minimum absolute atomic E-state index is 0.252. The molecule has 1 aromatic heterocycles. The Morgan fingerprint density at radius 1 is 1.00 bits per heavy atom. The lowest BCUT2D eigenvalue weighted by atomic mass is 10.1. The van der Waals surface area contributed by atoms with Gasteiger partial charge in [-0.05, 0) is 30.3 Å². The van der Waals surface area contributed by atoms with Gasteiger partial charge in [0.05, 0.1) is 11.9 Å². The van der Waals surface area contributed by atoms with Crippen molar-refractivity contribution in [3.05, 3.63) is 71.8 Å². The Balaban J connectivity index is 2.00. The molecule has 94 valence electrons. The molecule has 3 aromatic rings. The van der Waals surface area contributed by atoms with Crippen LogP contribution in [0.1, 0.15) is 0 Å². The van der Waals surface area contributed by atoms with Gasteiger partial charge in [0.25, 0.3) is 0 Å². The van der Waals surface area contributed by atoms with Crippen molar-refractivity contribution in [1.82, 2.24) is 9.78 Å². The van der Waals surface area contributed by atoms with E-state index in [0.29, 0.717) is 10.6 Å². The molecule has 0 aliphatic rings. The molecule has 0 radical (unpaired) electrons. The fourth-order valence-corrected chi connectivity index (χ4v) is 2.02. The summed E-state index contributed by atoms with van der Waals surface area (Å²) in [6.45, 7) is 0. The van der Waals surface area contributed by atoms with E-state index in [-0.39, 0.29) is 5.82 Å². The fourth-order valence-electron chi connectivity index (χ4n) is 1.89. The number of halogens is 2. The molecule has 0 saturated heterocycles. The Morgan fingerprint density at radius 3 is 2.47 bits per heavy atom. The topological polar surface area (TPSA) is 17.8 Å². The van der Waals surface area contributed by atoms with E-state index < -0.39 is 0 Å². The SMILES string of the molecule is Fc1ccccc1-c1cnn(-c2ccc(Cl)cc2)c1. The Kier molecular flexibility index (Phi) is 3.05. The molecule has 0 fully saturated rings. The normalized spacial score (nSPS) is 10.6. The van der Waals surface area contributed by atoms with Crippen LogP contribution >= 0.6 is 11.6 Å². The van der Waals surface area contributed by atoms with Crippen LogP contribution in [0.15, 0.2) is 60.9 Å². The molecule has 0 amide bonds. The van der Waals surface area contributed by atoms with Crippen LogP contribution in [-0.4, -0.2) is 9.78 Å². The second-order valence-corrected chi connectivity index (χ2v) is 4.57. The van der Waals surface area contributed by atoms with Gasteiger partial charge in [-0.1, -0.05) is 29.8 Å². The first-order valence-corrected chi connectivity index (χ1v) is 6.17. The van der Waals surface area contributed by atoms with Gasteiger partial charge in [0.1, 0.15) is 5.82 Å². The first-order valence-electron chi connectivity index (χ1n) is 5.79. The molecule has 0 saturated carbocycles. The van der Waals surface area contributed by atoms with E-state index in [9.17, 15) is 4.39 Å². The minimum Gasteiger partial charge on any atom is -0.240 e. The molecular weight excluding hydrogens is 263 g/mol. The van der Waals surface area contributed by atoms with Gasteiger partial charge in [-0.2, -0.15) is 5.10 Å². The van der Waals surface area contributed by atoms with E-state index >= 15 is 0 Å². The lowest BCUT2D eigenvalue weighted by Crippen LogP contribution is -1.92. The smallest absolute Gasteiger partial charge is 0.131 e.